The van der Waals surface area contributed by atoms with E-state index < -0.39 is 5.97 Å². The van der Waals surface area contributed by atoms with Gasteiger partial charge in [-0.1, -0.05) is 24.3 Å². The molecule has 0 spiro atoms. The smallest absolute Gasteiger partial charge is 0.307 e. The highest BCUT2D eigenvalue weighted by Gasteiger charge is 2.28. The molecule has 19 heavy (non-hydrogen) atoms. The second-order valence-corrected chi connectivity index (χ2v) is 5.03. The number of hydrogen-bond donors (Lipinski definition) is 1. The zero-order valence-corrected chi connectivity index (χ0v) is 11.3. The molecular formula is C15H21NO3. The van der Waals surface area contributed by atoms with Gasteiger partial charge >= 0.3 is 5.97 Å². The Morgan fingerprint density at radius 1 is 1.37 bits per heavy atom. The Bertz CT molecular complexity index is 429. The predicted octanol–water partition coefficient (Wildman–Crippen LogP) is 1.92. The number of carbonyl (C=O) groups is 1. The molecule has 1 aliphatic carbocycles. The van der Waals surface area contributed by atoms with Crippen LogP contribution in [-0.2, 0) is 22.5 Å². The molecule has 1 aromatic rings. The molecule has 0 aliphatic heterocycles. The Kier molecular flexibility index (Phi) is 4.93. The van der Waals surface area contributed by atoms with Crippen LogP contribution >= 0.6 is 0 Å². The first-order valence-corrected chi connectivity index (χ1v) is 6.72. The number of carboxylic acids is 1. The maximum atomic E-state index is 10.9. The van der Waals surface area contributed by atoms with Crippen molar-refractivity contribution in [3.8, 4) is 0 Å². The monoisotopic (exact) mass is 263 g/mol. The maximum Gasteiger partial charge on any atom is 0.307 e. The van der Waals surface area contributed by atoms with Crippen molar-refractivity contribution in [3.05, 3.63) is 35.4 Å². The van der Waals surface area contributed by atoms with E-state index in [-0.39, 0.29) is 6.42 Å². The lowest BCUT2D eigenvalue weighted by Crippen LogP contribution is -2.29. The van der Waals surface area contributed by atoms with Crippen LogP contribution in [0.2, 0.25) is 0 Å². The Hall–Kier alpha value is -1.39. The minimum absolute atomic E-state index is 0.0962. The summed E-state index contributed by atoms with van der Waals surface area (Å²) >= 11 is 0. The molecule has 104 valence electrons. The van der Waals surface area contributed by atoms with E-state index in [0.717, 1.165) is 30.8 Å². The third kappa shape index (κ3) is 4.33. The number of nitrogens with zero attached hydrogens (tertiary/aromatic N) is 1. The van der Waals surface area contributed by atoms with Crippen LogP contribution in [0.15, 0.2) is 24.3 Å². The van der Waals surface area contributed by atoms with Gasteiger partial charge in [-0.25, -0.2) is 0 Å². The number of hydrogen-bond acceptors (Lipinski definition) is 3. The standard InChI is InChI=1S/C15H21NO3/c1-19-9-8-16(14-6-7-14)11-13-5-3-2-4-12(13)10-15(17)18/h2-5,14H,6-11H2,1H3,(H,17,18). The van der Waals surface area contributed by atoms with Crippen molar-refractivity contribution in [3.63, 3.8) is 0 Å². The summed E-state index contributed by atoms with van der Waals surface area (Å²) in [7, 11) is 1.71. The largest absolute Gasteiger partial charge is 0.481 e. The van der Waals surface area contributed by atoms with Crippen LogP contribution < -0.4 is 0 Å². The highest BCUT2D eigenvalue weighted by molar-refractivity contribution is 5.70. The normalized spacial score (nSPS) is 14.8. The first-order chi connectivity index (χ1) is 9.20. The lowest BCUT2D eigenvalue weighted by Gasteiger charge is -2.22. The van der Waals surface area contributed by atoms with Gasteiger partial charge in [-0.2, -0.15) is 0 Å². The summed E-state index contributed by atoms with van der Waals surface area (Å²) in [5, 5.41) is 8.95. The second-order valence-electron chi connectivity index (χ2n) is 5.03. The molecule has 0 aromatic heterocycles. The molecule has 1 N–H and O–H groups in total. The molecule has 4 heteroatoms. The van der Waals surface area contributed by atoms with Crippen LogP contribution in [0.1, 0.15) is 24.0 Å². The van der Waals surface area contributed by atoms with Crippen LogP contribution in [-0.4, -0.2) is 42.3 Å². The summed E-state index contributed by atoms with van der Waals surface area (Å²) in [6.45, 7) is 2.44. The number of methoxy groups -OCH3 is 1. The molecule has 0 bridgehead atoms. The lowest BCUT2D eigenvalue weighted by molar-refractivity contribution is -0.136. The molecule has 0 saturated heterocycles. The fourth-order valence-corrected chi connectivity index (χ4v) is 2.30. The highest BCUT2D eigenvalue weighted by Crippen LogP contribution is 2.28. The van der Waals surface area contributed by atoms with Gasteiger partial charge in [0, 0.05) is 26.2 Å². The fourth-order valence-electron chi connectivity index (χ4n) is 2.30. The first-order valence-electron chi connectivity index (χ1n) is 6.72. The number of carboxylic acid groups (broad SMARTS) is 1. The van der Waals surface area contributed by atoms with Crippen molar-refractivity contribution >= 4 is 5.97 Å². The Balaban J connectivity index is 2.05. The second kappa shape index (κ2) is 6.68. The molecule has 2 rings (SSSR count). The van der Waals surface area contributed by atoms with Crippen molar-refractivity contribution in [2.24, 2.45) is 0 Å². The summed E-state index contributed by atoms with van der Waals surface area (Å²) in [4.78, 5) is 13.3. The van der Waals surface area contributed by atoms with E-state index >= 15 is 0 Å². The van der Waals surface area contributed by atoms with E-state index in [1.807, 2.05) is 24.3 Å². The number of rotatable bonds is 8. The highest BCUT2D eigenvalue weighted by atomic mass is 16.5. The Morgan fingerprint density at radius 3 is 2.63 bits per heavy atom. The van der Waals surface area contributed by atoms with Gasteiger partial charge in [0.05, 0.1) is 13.0 Å². The minimum Gasteiger partial charge on any atom is -0.481 e. The molecule has 1 aromatic carbocycles. The summed E-state index contributed by atoms with van der Waals surface area (Å²) in [6, 6.07) is 8.46. The SMILES string of the molecule is COCCN(Cc1ccccc1CC(=O)O)C1CC1. The summed E-state index contributed by atoms with van der Waals surface area (Å²) in [5.41, 5.74) is 2.03. The zero-order chi connectivity index (χ0) is 13.7. The van der Waals surface area contributed by atoms with Crippen LogP contribution in [0, 0.1) is 0 Å². The van der Waals surface area contributed by atoms with Crippen LogP contribution in [0.25, 0.3) is 0 Å². The van der Waals surface area contributed by atoms with Gasteiger partial charge in [0.2, 0.25) is 0 Å². The number of ether oxygens (including phenoxy) is 1. The van der Waals surface area contributed by atoms with E-state index in [1.165, 1.54) is 12.8 Å². The van der Waals surface area contributed by atoms with Crippen LogP contribution in [0.3, 0.4) is 0 Å². The maximum absolute atomic E-state index is 10.9. The topological polar surface area (TPSA) is 49.8 Å². The first kappa shape index (κ1) is 14.0. The van der Waals surface area contributed by atoms with Crippen molar-refractivity contribution in [2.75, 3.05) is 20.3 Å². The molecular weight excluding hydrogens is 242 g/mol. The van der Waals surface area contributed by atoms with Crippen molar-refractivity contribution in [1.29, 1.82) is 0 Å². The number of benzene rings is 1. The van der Waals surface area contributed by atoms with Gasteiger partial charge in [-0.15, -0.1) is 0 Å². The van der Waals surface area contributed by atoms with E-state index in [0.29, 0.717) is 6.04 Å². The summed E-state index contributed by atoms with van der Waals surface area (Å²) < 4.78 is 5.15. The zero-order valence-electron chi connectivity index (χ0n) is 11.3. The van der Waals surface area contributed by atoms with Gasteiger partial charge < -0.3 is 9.84 Å². The van der Waals surface area contributed by atoms with Gasteiger partial charge in [-0.05, 0) is 24.0 Å². The molecule has 1 aliphatic rings. The average molecular weight is 263 g/mol. The van der Waals surface area contributed by atoms with Gasteiger partial charge in [-0.3, -0.25) is 9.69 Å². The number of aliphatic carboxylic acids is 1. The molecule has 0 unspecified atom stereocenters. The van der Waals surface area contributed by atoms with Crippen molar-refractivity contribution < 1.29 is 14.6 Å². The van der Waals surface area contributed by atoms with Crippen LogP contribution in [0.5, 0.6) is 0 Å². The van der Waals surface area contributed by atoms with Gasteiger partial charge in [0.15, 0.2) is 0 Å². The molecule has 0 atom stereocenters. The molecule has 4 nitrogen and oxygen atoms in total. The van der Waals surface area contributed by atoms with E-state index in [9.17, 15) is 4.79 Å². The third-order valence-corrected chi connectivity index (χ3v) is 3.48. The van der Waals surface area contributed by atoms with Crippen molar-refractivity contribution in [2.45, 2.75) is 31.8 Å². The Labute approximate surface area is 114 Å². The fraction of sp³-hybridized carbons (Fsp3) is 0.533. The summed E-state index contributed by atoms with van der Waals surface area (Å²) in [5.74, 6) is -0.776. The Morgan fingerprint density at radius 2 is 2.05 bits per heavy atom. The van der Waals surface area contributed by atoms with E-state index in [1.54, 1.807) is 7.11 Å². The van der Waals surface area contributed by atoms with Crippen molar-refractivity contribution in [1.82, 2.24) is 4.90 Å². The quantitative estimate of drug-likeness (QED) is 0.778. The van der Waals surface area contributed by atoms with E-state index in [2.05, 4.69) is 4.90 Å². The average Bonchev–Trinajstić information content (AvgIpc) is 3.20. The molecule has 1 saturated carbocycles. The molecule has 0 radical (unpaired) electrons. The van der Waals surface area contributed by atoms with Gasteiger partial charge in [0.25, 0.3) is 0 Å². The molecule has 1 fully saturated rings. The lowest BCUT2D eigenvalue weighted by atomic mass is 10.0. The predicted molar refractivity (Wildman–Crippen MR) is 73.1 cm³/mol. The summed E-state index contributed by atoms with van der Waals surface area (Å²) in [6.07, 6.45) is 2.58. The van der Waals surface area contributed by atoms with Crippen LogP contribution in [0.4, 0.5) is 0 Å². The van der Waals surface area contributed by atoms with E-state index in [4.69, 9.17) is 9.84 Å². The minimum atomic E-state index is -0.776. The molecule has 0 heterocycles. The molecule has 0 amide bonds. The third-order valence-electron chi connectivity index (χ3n) is 3.48. The van der Waals surface area contributed by atoms with Gasteiger partial charge in [0.1, 0.15) is 0 Å².